The molecule has 0 aliphatic carbocycles. The van der Waals surface area contributed by atoms with Crippen LogP contribution in [0.15, 0.2) is 29.2 Å². The van der Waals surface area contributed by atoms with E-state index in [1.807, 2.05) is 0 Å². The number of nitrogens with one attached hydrogen (secondary N) is 1. The molecule has 1 aromatic carbocycles. The lowest BCUT2D eigenvalue weighted by atomic mass is 10.2. The lowest BCUT2D eigenvalue weighted by Crippen LogP contribution is -2.32. The number of amides is 3. The number of carboxylic acids is 1. The van der Waals surface area contributed by atoms with Gasteiger partial charge in [0.1, 0.15) is 6.04 Å². The van der Waals surface area contributed by atoms with Crippen molar-refractivity contribution < 1.29 is 27.9 Å². The first-order valence-corrected chi connectivity index (χ1v) is 7.24. The highest BCUT2D eigenvalue weighted by molar-refractivity contribution is 7.89. The van der Waals surface area contributed by atoms with Crippen LogP contribution in [0.1, 0.15) is 6.42 Å². The van der Waals surface area contributed by atoms with E-state index in [9.17, 15) is 22.8 Å². The van der Waals surface area contributed by atoms with Crippen LogP contribution in [0.5, 0.6) is 0 Å². The summed E-state index contributed by atoms with van der Waals surface area (Å²) in [6, 6.07) is 2.86. The van der Waals surface area contributed by atoms with Gasteiger partial charge in [-0.25, -0.2) is 23.3 Å². The SMILES string of the molecule is NS(=O)(=O)c1ccc(N2C(=O)N[C@@H](CC(=O)O)C2=O)cc1. The molecular weight excluding hydrogens is 302 g/mol. The first-order valence-electron chi connectivity index (χ1n) is 5.69. The zero-order chi connectivity index (χ0) is 15.8. The summed E-state index contributed by atoms with van der Waals surface area (Å²) < 4.78 is 22.2. The van der Waals surface area contributed by atoms with Crippen molar-refractivity contribution in [2.24, 2.45) is 5.14 Å². The van der Waals surface area contributed by atoms with Crippen LogP contribution in [-0.2, 0) is 19.6 Å². The van der Waals surface area contributed by atoms with Crippen LogP contribution in [0.2, 0.25) is 0 Å². The number of primary sulfonamides is 1. The Morgan fingerprint density at radius 1 is 1.29 bits per heavy atom. The molecule has 1 fully saturated rings. The van der Waals surface area contributed by atoms with E-state index in [0.29, 0.717) is 0 Å². The van der Waals surface area contributed by atoms with Gasteiger partial charge in [0.05, 0.1) is 17.0 Å². The van der Waals surface area contributed by atoms with Crippen molar-refractivity contribution in [1.82, 2.24) is 5.32 Å². The van der Waals surface area contributed by atoms with E-state index in [4.69, 9.17) is 10.2 Å². The molecule has 0 spiro atoms. The number of imide groups is 1. The van der Waals surface area contributed by atoms with Gasteiger partial charge in [-0.05, 0) is 24.3 Å². The summed E-state index contributed by atoms with van der Waals surface area (Å²) in [5, 5.41) is 15.8. The normalized spacial score (nSPS) is 18.7. The van der Waals surface area contributed by atoms with E-state index in [2.05, 4.69) is 5.32 Å². The minimum atomic E-state index is -3.88. The number of carboxylic acid groups (broad SMARTS) is 1. The summed E-state index contributed by atoms with van der Waals surface area (Å²) in [4.78, 5) is 34.9. The van der Waals surface area contributed by atoms with E-state index in [-0.39, 0.29) is 10.6 Å². The van der Waals surface area contributed by atoms with Crippen molar-refractivity contribution >= 4 is 33.6 Å². The number of benzene rings is 1. The second-order valence-electron chi connectivity index (χ2n) is 4.31. The molecular formula is C11H11N3O6S. The van der Waals surface area contributed by atoms with Crippen LogP contribution in [0.3, 0.4) is 0 Å². The van der Waals surface area contributed by atoms with E-state index in [1.54, 1.807) is 0 Å². The minimum Gasteiger partial charge on any atom is -0.481 e. The second kappa shape index (κ2) is 5.14. The fraction of sp³-hybridized carbons (Fsp3) is 0.182. The van der Waals surface area contributed by atoms with Crippen molar-refractivity contribution in [3.8, 4) is 0 Å². The molecule has 1 heterocycles. The van der Waals surface area contributed by atoms with Crippen molar-refractivity contribution in [3.05, 3.63) is 24.3 Å². The van der Waals surface area contributed by atoms with E-state index < -0.39 is 40.4 Å². The van der Waals surface area contributed by atoms with Crippen molar-refractivity contribution in [1.29, 1.82) is 0 Å². The average Bonchev–Trinajstić information content (AvgIpc) is 2.63. The van der Waals surface area contributed by atoms with Crippen LogP contribution in [0.25, 0.3) is 0 Å². The summed E-state index contributed by atoms with van der Waals surface area (Å²) in [5.74, 6) is -1.94. The number of rotatable bonds is 4. The van der Waals surface area contributed by atoms with Crippen LogP contribution in [-0.4, -0.2) is 37.5 Å². The molecule has 0 bridgehead atoms. The van der Waals surface area contributed by atoms with Crippen LogP contribution in [0, 0.1) is 0 Å². The topological polar surface area (TPSA) is 147 Å². The summed E-state index contributed by atoms with van der Waals surface area (Å²) in [7, 11) is -3.88. The van der Waals surface area contributed by atoms with E-state index >= 15 is 0 Å². The summed E-state index contributed by atoms with van der Waals surface area (Å²) in [6.45, 7) is 0. The van der Waals surface area contributed by atoms with Gasteiger partial charge in [-0.15, -0.1) is 0 Å². The summed E-state index contributed by atoms with van der Waals surface area (Å²) in [6.07, 6.45) is -0.531. The van der Waals surface area contributed by atoms with Crippen molar-refractivity contribution in [2.45, 2.75) is 17.4 Å². The molecule has 1 atom stereocenters. The van der Waals surface area contributed by atoms with Gasteiger partial charge in [-0.2, -0.15) is 0 Å². The van der Waals surface area contributed by atoms with Gasteiger partial charge in [0, 0.05) is 0 Å². The third kappa shape index (κ3) is 3.01. The minimum absolute atomic E-state index is 0.123. The van der Waals surface area contributed by atoms with Crippen LogP contribution in [0.4, 0.5) is 10.5 Å². The number of carbonyl (C=O) groups excluding carboxylic acids is 2. The number of nitrogens with two attached hydrogens (primary N) is 1. The number of hydrogen-bond donors (Lipinski definition) is 3. The van der Waals surface area contributed by atoms with Gasteiger partial charge in [0.15, 0.2) is 0 Å². The average molecular weight is 313 g/mol. The van der Waals surface area contributed by atoms with Gasteiger partial charge < -0.3 is 10.4 Å². The number of nitrogens with zero attached hydrogens (tertiary/aromatic N) is 1. The molecule has 21 heavy (non-hydrogen) atoms. The fourth-order valence-corrected chi connectivity index (χ4v) is 2.39. The number of aliphatic carboxylic acids is 1. The maximum Gasteiger partial charge on any atom is 0.329 e. The highest BCUT2D eigenvalue weighted by Gasteiger charge is 2.40. The Morgan fingerprint density at radius 2 is 1.86 bits per heavy atom. The molecule has 1 saturated heterocycles. The lowest BCUT2D eigenvalue weighted by Gasteiger charge is -2.13. The Morgan fingerprint density at radius 3 is 2.33 bits per heavy atom. The summed E-state index contributed by atoms with van der Waals surface area (Å²) in [5.41, 5.74) is 0.123. The van der Waals surface area contributed by atoms with E-state index in [0.717, 1.165) is 17.0 Å². The Hall–Kier alpha value is -2.46. The predicted octanol–water partition coefficient (Wildman–Crippen LogP) is -0.767. The number of anilines is 1. The second-order valence-corrected chi connectivity index (χ2v) is 5.87. The Bertz CT molecular complexity index is 712. The van der Waals surface area contributed by atoms with Gasteiger partial charge in [0.2, 0.25) is 10.0 Å². The van der Waals surface area contributed by atoms with E-state index in [1.165, 1.54) is 12.1 Å². The zero-order valence-corrected chi connectivity index (χ0v) is 11.3. The Labute approximate surface area is 119 Å². The lowest BCUT2D eigenvalue weighted by molar-refractivity contribution is -0.139. The molecule has 1 aliphatic heterocycles. The third-order valence-electron chi connectivity index (χ3n) is 2.82. The molecule has 1 aliphatic rings. The molecule has 0 radical (unpaired) electrons. The van der Waals surface area contributed by atoms with Crippen LogP contribution < -0.4 is 15.4 Å². The van der Waals surface area contributed by atoms with Gasteiger partial charge in [-0.3, -0.25) is 9.59 Å². The number of urea groups is 1. The zero-order valence-electron chi connectivity index (χ0n) is 10.5. The molecule has 9 nitrogen and oxygen atoms in total. The smallest absolute Gasteiger partial charge is 0.329 e. The molecule has 0 saturated carbocycles. The van der Waals surface area contributed by atoms with Gasteiger partial charge in [0.25, 0.3) is 5.91 Å². The summed E-state index contributed by atoms with van der Waals surface area (Å²) >= 11 is 0. The van der Waals surface area contributed by atoms with Gasteiger partial charge >= 0.3 is 12.0 Å². The number of carbonyl (C=O) groups is 3. The highest BCUT2D eigenvalue weighted by atomic mass is 32.2. The first kappa shape index (κ1) is 14.9. The third-order valence-corrected chi connectivity index (χ3v) is 3.75. The van der Waals surface area contributed by atoms with Crippen molar-refractivity contribution in [2.75, 3.05) is 4.90 Å². The van der Waals surface area contributed by atoms with Crippen molar-refractivity contribution in [3.63, 3.8) is 0 Å². The highest BCUT2D eigenvalue weighted by Crippen LogP contribution is 2.22. The standard InChI is InChI=1S/C11H11N3O6S/c12-21(19,20)7-3-1-6(2-4-7)14-10(17)8(5-9(15)16)13-11(14)18/h1-4,8H,5H2,(H,13,18)(H,15,16)(H2,12,19,20)/t8-/m0/s1. The van der Waals surface area contributed by atoms with Gasteiger partial charge in [-0.1, -0.05) is 0 Å². The molecule has 3 amide bonds. The molecule has 1 aromatic rings. The number of hydrogen-bond acceptors (Lipinski definition) is 5. The quantitative estimate of drug-likeness (QED) is 0.622. The number of sulfonamides is 1. The maximum absolute atomic E-state index is 12.0. The Balaban J connectivity index is 2.28. The predicted molar refractivity (Wildman–Crippen MR) is 69.9 cm³/mol. The monoisotopic (exact) mass is 313 g/mol. The molecule has 112 valence electrons. The van der Waals surface area contributed by atoms with Crippen LogP contribution >= 0.6 is 0 Å². The molecule has 4 N–H and O–H groups in total. The Kier molecular flexibility index (Phi) is 3.66. The largest absolute Gasteiger partial charge is 0.481 e. The molecule has 0 aromatic heterocycles. The molecule has 10 heteroatoms. The fourth-order valence-electron chi connectivity index (χ4n) is 1.87. The molecule has 2 rings (SSSR count). The maximum atomic E-state index is 12.0. The molecule has 0 unspecified atom stereocenters. The first-order chi connectivity index (χ1) is 9.70.